The molecule has 0 aliphatic heterocycles. The van der Waals surface area contributed by atoms with Gasteiger partial charge in [0.2, 0.25) is 0 Å². The molecule has 0 atom stereocenters. The number of nitrogens with zero attached hydrogens (tertiary/aromatic N) is 2. The van der Waals surface area contributed by atoms with Gasteiger partial charge in [0.25, 0.3) is 0 Å². The van der Waals surface area contributed by atoms with Crippen molar-refractivity contribution in [3.63, 3.8) is 0 Å². The molecule has 5 heteroatoms. The van der Waals surface area contributed by atoms with Crippen LogP contribution in [0.3, 0.4) is 0 Å². The maximum atomic E-state index is 13.6. The van der Waals surface area contributed by atoms with Gasteiger partial charge in [0, 0.05) is 17.8 Å². The Morgan fingerprint density at radius 2 is 1.45 bits per heavy atom. The Balaban J connectivity index is 2.15. The number of anilines is 1. The molecule has 0 spiro atoms. The molecule has 1 N–H and O–H groups in total. The smallest absolute Gasteiger partial charge is 0.132 e. The van der Waals surface area contributed by atoms with Crippen LogP contribution in [0.5, 0.6) is 0 Å². The maximum absolute atomic E-state index is 13.6. The Morgan fingerprint density at radius 1 is 0.900 bits per heavy atom. The van der Waals surface area contributed by atoms with Crippen LogP contribution in [0, 0.1) is 34.3 Å². The van der Waals surface area contributed by atoms with Gasteiger partial charge in [-0.3, -0.25) is 0 Å². The predicted molar refractivity (Wildman–Crippen MR) is 69.6 cm³/mol. The fourth-order valence-electron chi connectivity index (χ4n) is 1.69. The van der Waals surface area contributed by atoms with Crippen LogP contribution in [0.25, 0.3) is 0 Å². The van der Waals surface area contributed by atoms with E-state index < -0.39 is 11.6 Å². The lowest BCUT2D eigenvalue weighted by atomic mass is 10.1. The molecule has 20 heavy (non-hydrogen) atoms. The van der Waals surface area contributed by atoms with E-state index in [0.717, 1.165) is 12.1 Å². The van der Waals surface area contributed by atoms with Gasteiger partial charge >= 0.3 is 0 Å². The Labute approximate surface area is 114 Å². The normalized spacial score (nSPS) is 9.60. The number of nitrogens with one attached hydrogen (secondary N) is 1. The highest BCUT2D eigenvalue weighted by atomic mass is 19.1. The van der Waals surface area contributed by atoms with Crippen molar-refractivity contribution in [2.45, 2.75) is 6.54 Å². The van der Waals surface area contributed by atoms with Crippen molar-refractivity contribution in [3.8, 4) is 12.1 Å². The fourth-order valence-corrected chi connectivity index (χ4v) is 1.69. The first-order chi connectivity index (χ1) is 9.63. The second-order valence-corrected chi connectivity index (χ2v) is 4.07. The average molecular weight is 269 g/mol. The van der Waals surface area contributed by atoms with Crippen molar-refractivity contribution < 1.29 is 8.78 Å². The van der Waals surface area contributed by atoms with Gasteiger partial charge in [-0.05, 0) is 36.4 Å². The van der Waals surface area contributed by atoms with Gasteiger partial charge in [-0.1, -0.05) is 0 Å². The number of hydrogen-bond donors (Lipinski definition) is 1. The van der Waals surface area contributed by atoms with Gasteiger partial charge in [-0.15, -0.1) is 0 Å². The third-order valence-corrected chi connectivity index (χ3v) is 2.75. The van der Waals surface area contributed by atoms with Crippen molar-refractivity contribution in [1.29, 1.82) is 10.5 Å². The minimum Gasteiger partial charge on any atom is -0.381 e. The molecule has 98 valence electrons. The van der Waals surface area contributed by atoms with Gasteiger partial charge in [0.15, 0.2) is 0 Å². The first-order valence-electron chi connectivity index (χ1n) is 5.76. The third kappa shape index (κ3) is 2.90. The zero-order chi connectivity index (χ0) is 14.5. The Hall–Kier alpha value is -2.92. The summed E-state index contributed by atoms with van der Waals surface area (Å²) in [6, 6.07) is 12.2. The summed E-state index contributed by atoms with van der Waals surface area (Å²) in [5, 5.41) is 20.1. The van der Waals surface area contributed by atoms with Crippen molar-refractivity contribution >= 4 is 5.69 Å². The Kier molecular flexibility index (Phi) is 3.93. The van der Waals surface area contributed by atoms with Crippen LogP contribution in [0.2, 0.25) is 0 Å². The molecule has 2 aromatic carbocycles. The molecule has 0 aromatic heterocycles. The molecule has 0 saturated carbocycles. The molecule has 0 saturated heterocycles. The molecular formula is C15H9F2N3. The summed E-state index contributed by atoms with van der Waals surface area (Å²) < 4.78 is 27.3. The number of hydrogen-bond acceptors (Lipinski definition) is 3. The average Bonchev–Trinajstić information content (AvgIpc) is 2.46. The third-order valence-electron chi connectivity index (χ3n) is 2.75. The van der Waals surface area contributed by atoms with E-state index in [1.54, 1.807) is 30.3 Å². The molecular weight excluding hydrogens is 260 g/mol. The second-order valence-electron chi connectivity index (χ2n) is 4.07. The molecule has 0 aliphatic rings. The van der Waals surface area contributed by atoms with E-state index in [-0.39, 0.29) is 17.7 Å². The number of benzene rings is 2. The Morgan fingerprint density at radius 3 is 1.95 bits per heavy atom. The van der Waals surface area contributed by atoms with Crippen LogP contribution >= 0.6 is 0 Å². The summed E-state index contributed by atoms with van der Waals surface area (Å²) in [6.07, 6.45) is 0. The van der Waals surface area contributed by atoms with E-state index in [2.05, 4.69) is 5.32 Å². The molecule has 0 fully saturated rings. The van der Waals surface area contributed by atoms with Gasteiger partial charge < -0.3 is 5.32 Å². The summed E-state index contributed by atoms with van der Waals surface area (Å²) in [5.74, 6) is -1.52. The van der Waals surface area contributed by atoms with Gasteiger partial charge in [-0.2, -0.15) is 10.5 Å². The first-order valence-corrected chi connectivity index (χ1v) is 5.76. The highest BCUT2D eigenvalue weighted by molar-refractivity contribution is 5.48. The van der Waals surface area contributed by atoms with Crippen LogP contribution in [0.15, 0.2) is 36.4 Å². The quantitative estimate of drug-likeness (QED) is 0.929. The van der Waals surface area contributed by atoms with Crippen LogP contribution in [-0.2, 0) is 6.54 Å². The lowest BCUT2D eigenvalue weighted by Crippen LogP contribution is -2.05. The highest BCUT2D eigenvalue weighted by Gasteiger charge is 2.11. The van der Waals surface area contributed by atoms with E-state index in [4.69, 9.17) is 10.5 Å². The van der Waals surface area contributed by atoms with Crippen LogP contribution < -0.4 is 5.32 Å². The molecule has 0 unspecified atom stereocenters. The van der Waals surface area contributed by atoms with Crippen LogP contribution in [-0.4, -0.2) is 0 Å². The minimum atomic E-state index is -0.761. The van der Waals surface area contributed by atoms with E-state index >= 15 is 0 Å². The van der Waals surface area contributed by atoms with Crippen molar-refractivity contribution in [1.82, 2.24) is 0 Å². The topological polar surface area (TPSA) is 59.6 Å². The largest absolute Gasteiger partial charge is 0.381 e. The second kappa shape index (κ2) is 5.81. The van der Waals surface area contributed by atoms with E-state index in [9.17, 15) is 8.78 Å². The molecule has 0 aliphatic carbocycles. The van der Waals surface area contributed by atoms with Crippen LogP contribution in [0.4, 0.5) is 14.5 Å². The van der Waals surface area contributed by atoms with Gasteiger partial charge in [0.1, 0.15) is 11.6 Å². The zero-order valence-corrected chi connectivity index (χ0v) is 10.3. The standard InChI is InChI=1S/C15H9F2N3/c16-14-5-11(8-19)6-15(17)13(14)9-20-12-3-1-10(7-18)2-4-12/h1-6,20H,9H2. The van der Waals surface area contributed by atoms with Gasteiger partial charge in [0.05, 0.1) is 23.3 Å². The molecule has 3 nitrogen and oxygen atoms in total. The van der Waals surface area contributed by atoms with E-state index in [1.807, 2.05) is 6.07 Å². The summed E-state index contributed by atoms with van der Waals surface area (Å²) in [4.78, 5) is 0. The minimum absolute atomic E-state index is 0.0464. The number of nitriles is 2. The number of rotatable bonds is 3. The predicted octanol–water partition coefficient (Wildman–Crippen LogP) is 3.32. The van der Waals surface area contributed by atoms with Crippen molar-refractivity contribution in [2.24, 2.45) is 0 Å². The molecule has 2 aromatic rings. The van der Waals surface area contributed by atoms with Crippen LogP contribution in [0.1, 0.15) is 16.7 Å². The van der Waals surface area contributed by atoms with Gasteiger partial charge in [-0.25, -0.2) is 8.78 Å². The van der Waals surface area contributed by atoms with E-state index in [0.29, 0.717) is 11.3 Å². The molecule has 2 rings (SSSR count). The lowest BCUT2D eigenvalue weighted by Gasteiger charge is -2.09. The molecule has 0 amide bonds. The van der Waals surface area contributed by atoms with Crippen molar-refractivity contribution in [2.75, 3.05) is 5.32 Å². The number of halogens is 2. The Bertz CT molecular complexity index is 686. The SMILES string of the molecule is N#Cc1ccc(NCc2c(F)cc(C#N)cc2F)cc1. The summed E-state index contributed by atoms with van der Waals surface area (Å²) in [6.45, 7) is -0.0464. The lowest BCUT2D eigenvalue weighted by molar-refractivity contribution is 0.559. The monoisotopic (exact) mass is 269 g/mol. The van der Waals surface area contributed by atoms with E-state index in [1.165, 1.54) is 0 Å². The van der Waals surface area contributed by atoms with Crippen molar-refractivity contribution in [3.05, 3.63) is 64.7 Å². The molecule has 0 bridgehead atoms. The highest BCUT2D eigenvalue weighted by Crippen LogP contribution is 2.17. The fraction of sp³-hybridized carbons (Fsp3) is 0.0667. The summed E-state index contributed by atoms with van der Waals surface area (Å²) in [5.41, 5.74) is 0.967. The first kappa shape index (κ1) is 13.5. The zero-order valence-electron chi connectivity index (χ0n) is 10.3. The molecule has 0 heterocycles. The molecule has 0 radical (unpaired) electrons. The maximum Gasteiger partial charge on any atom is 0.132 e. The summed E-state index contributed by atoms with van der Waals surface area (Å²) >= 11 is 0. The summed E-state index contributed by atoms with van der Waals surface area (Å²) in [7, 11) is 0.